The third-order valence-electron chi connectivity index (χ3n) is 3.13. The van der Waals surface area contributed by atoms with Crippen molar-refractivity contribution in [2.45, 2.75) is 84.2 Å². The summed E-state index contributed by atoms with van der Waals surface area (Å²) in [5.74, 6) is 0. The summed E-state index contributed by atoms with van der Waals surface area (Å²) in [6.07, 6.45) is -0.671. The van der Waals surface area contributed by atoms with Gasteiger partial charge in [0, 0.05) is 6.61 Å². The van der Waals surface area contributed by atoms with Crippen LogP contribution in [0.4, 0.5) is 0 Å². The van der Waals surface area contributed by atoms with Crippen LogP contribution in [0.1, 0.15) is 6.42 Å². The van der Waals surface area contributed by atoms with Gasteiger partial charge >= 0.3 is 26.4 Å². The van der Waals surface area contributed by atoms with Gasteiger partial charge in [-0.05, 0) is 77.9 Å². The maximum atomic E-state index is 8.85. The molecule has 7 nitrogen and oxygen atoms in total. The van der Waals surface area contributed by atoms with Gasteiger partial charge in [-0.15, -0.1) is 0 Å². The fourth-order valence-corrected chi connectivity index (χ4v) is 23.6. The van der Waals surface area contributed by atoms with Gasteiger partial charge in [0.2, 0.25) is 0 Å². The Morgan fingerprint density at radius 1 is 0.815 bits per heavy atom. The highest BCUT2D eigenvalue weighted by Gasteiger charge is 2.40. The molecule has 0 aromatic rings. The van der Waals surface area contributed by atoms with E-state index >= 15 is 0 Å². The number of ether oxygens (including phenoxy) is 1. The van der Waals surface area contributed by atoms with Gasteiger partial charge in [0.1, 0.15) is 0 Å². The van der Waals surface area contributed by atoms with Crippen LogP contribution < -0.4 is 0 Å². The Balaban J connectivity index is 4.82. The number of hydrogen-bond acceptors (Lipinski definition) is 7. The Kier molecular flexibility index (Phi) is 11.6. The molecule has 2 N–H and O–H groups in total. The van der Waals surface area contributed by atoms with Gasteiger partial charge in [-0.25, -0.2) is 0 Å². The quantitative estimate of drug-likeness (QED) is 0.227. The normalized spacial score (nSPS) is 17.2. The highest BCUT2D eigenvalue weighted by Crippen LogP contribution is 2.24. The largest absolute Gasteiger partial charge is 0.437 e. The second-order valence-electron chi connectivity index (χ2n) is 9.42. The Hall–Kier alpha value is 0.804. The first-order valence-corrected chi connectivity index (χ1v) is 23.9. The first-order chi connectivity index (χ1) is 11.9. The summed E-state index contributed by atoms with van der Waals surface area (Å²) in [5.41, 5.74) is 0. The average molecular weight is 475 g/mol. The summed E-state index contributed by atoms with van der Waals surface area (Å²) >= 11 is 0. The first kappa shape index (κ1) is 27.8. The van der Waals surface area contributed by atoms with E-state index in [9.17, 15) is 0 Å². The van der Waals surface area contributed by atoms with E-state index in [1.54, 1.807) is 0 Å². The maximum absolute atomic E-state index is 8.85. The topological polar surface area (TPSA) is 86.6 Å². The fraction of sp³-hybridized carbons (Fsp3) is 1.00. The monoisotopic (exact) mass is 474 g/mol. The Morgan fingerprint density at radius 3 is 1.78 bits per heavy atom. The van der Waals surface area contributed by atoms with Gasteiger partial charge in [0.05, 0.1) is 6.61 Å². The molecule has 0 bridgehead atoms. The molecule has 164 valence electrons. The standard InChI is InChI=1S/C15H42O7Si5/c1-23(19-26(8,9)21-24(2,3)4)20-27(10,22-25(5,6)7)13-11-12-18-14-15(16)17/h15-17,23H,11-14H2,1-10H3. The second kappa shape index (κ2) is 11.3. The molecule has 0 aliphatic carbocycles. The van der Waals surface area contributed by atoms with E-state index in [2.05, 4.69) is 65.5 Å². The molecule has 0 amide bonds. The predicted octanol–water partition coefficient (Wildman–Crippen LogP) is 3.06. The Labute approximate surface area is 171 Å². The van der Waals surface area contributed by atoms with E-state index < -0.39 is 49.3 Å². The van der Waals surface area contributed by atoms with Crippen molar-refractivity contribution < 1.29 is 31.4 Å². The van der Waals surface area contributed by atoms with Crippen molar-refractivity contribution in [2.75, 3.05) is 13.2 Å². The first-order valence-electron chi connectivity index (χ1n) is 9.63. The molecule has 0 saturated heterocycles. The van der Waals surface area contributed by atoms with Gasteiger partial charge in [-0.2, -0.15) is 0 Å². The molecule has 0 heterocycles. The molecule has 2 atom stereocenters. The highest BCUT2D eigenvalue weighted by molar-refractivity contribution is 6.86. The van der Waals surface area contributed by atoms with Crippen LogP contribution in [0.3, 0.4) is 0 Å². The van der Waals surface area contributed by atoms with E-state index in [1.165, 1.54) is 0 Å². The molecule has 0 aromatic heterocycles. The van der Waals surface area contributed by atoms with Crippen LogP contribution in [0.2, 0.25) is 71.5 Å². The lowest BCUT2D eigenvalue weighted by molar-refractivity contribution is -0.0945. The molecule has 0 fully saturated rings. The van der Waals surface area contributed by atoms with Crippen LogP contribution in [0.5, 0.6) is 0 Å². The zero-order valence-corrected chi connectivity index (χ0v) is 24.1. The van der Waals surface area contributed by atoms with Crippen LogP contribution in [0.15, 0.2) is 0 Å². The van der Waals surface area contributed by atoms with Crippen molar-refractivity contribution in [2.24, 2.45) is 0 Å². The minimum Gasteiger partial charge on any atom is -0.437 e. The van der Waals surface area contributed by atoms with Crippen molar-refractivity contribution >= 4 is 43.0 Å². The van der Waals surface area contributed by atoms with E-state index in [4.69, 9.17) is 31.4 Å². The van der Waals surface area contributed by atoms with Crippen molar-refractivity contribution in [1.82, 2.24) is 0 Å². The van der Waals surface area contributed by atoms with Crippen molar-refractivity contribution in [3.05, 3.63) is 0 Å². The third kappa shape index (κ3) is 16.3. The van der Waals surface area contributed by atoms with Crippen LogP contribution in [-0.2, 0) is 21.2 Å². The summed E-state index contributed by atoms with van der Waals surface area (Å²) < 4.78 is 30.8. The highest BCUT2D eigenvalue weighted by atomic mass is 28.5. The van der Waals surface area contributed by atoms with Gasteiger partial charge in [-0.1, -0.05) is 0 Å². The Morgan fingerprint density at radius 2 is 1.33 bits per heavy atom. The molecule has 27 heavy (non-hydrogen) atoms. The lowest BCUT2D eigenvalue weighted by atomic mass is 10.5. The fourth-order valence-electron chi connectivity index (χ4n) is 3.00. The predicted molar refractivity (Wildman–Crippen MR) is 122 cm³/mol. The third-order valence-corrected chi connectivity index (χ3v) is 19.9. The van der Waals surface area contributed by atoms with E-state index in [0.717, 1.165) is 12.5 Å². The van der Waals surface area contributed by atoms with Crippen LogP contribution in [0, 0.1) is 0 Å². The molecule has 0 aromatic carbocycles. The second-order valence-corrected chi connectivity index (χ2v) is 28.1. The Bertz CT molecular complexity index is 426. The average Bonchev–Trinajstić information content (AvgIpc) is 2.30. The minimum absolute atomic E-state index is 0.0733. The summed E-state index contributed by atoms with van der Waals surface area (Å²) in [7, 11) is -9.98. The summed E-state index contributed by atoms with van der Waals surface area (Å²) in [5, 5.41) is 17.7. The van der Waals surface area contributed by atoms with Crippen LogP contribution in [0.25, 0.3) is 0 Å². The lowest BCUT2D eigenvalue weighted by Crippen LogP contribution is -2.54. The number of rotatable bonds is 14. The molecule has 0 radical (unpaired) electrons. The van der Waals surface area contributed by atoms with Gasteiger partial charge < -0.3 is 31.4 Å². The van der Waals surface area contributed by atoms with Crippen molar-refractivity contribution in [1.29, 1.82) is 0 Å². The molecule has 0 rings (SSSR count). The van der Waals surface area contributed by atoms with Gasteiger partial charge in [0.25, 0.3) is 0 Å². The number of aliphatic hydroxyl groups is 2. The molecule has 0 spiro atoms. The molecule has 2 unspecified atom stereocenters. The zero-order chi connectivity index (χ0) is 21.5. The minimum atomic E-state index is -2.41. The molecular formula is C15H42O7Si5. The smallest absolute Gasteiger partial charge is 0.315 e. The number of aliphatic hydroxyl groups excluding tert-OH is 1. The lowest BCUT2D eigenvalue weighted by Gasteiger charge is -2.38. The molecule has 0 aliphatic heterocycles. The molecule has 12 heteroatoms. The van der Waals surface area contributed by atoms with Gasteiger partial charge in [-0.3, -0.25) is 0 Å². The van der Waals surface area contributed by atoms with Crippen LogP contribution in [-0.4, -0.2) is 72.8 Å². The van der Waals surface area contributed by atoms with E-state index in [1.807, 2.05) is 0 Å². The summed E-state index contributed by atoms with van der Waals surface area (Å²) in [4.78, 5) is 0. The molecule has 0 aliphatic rings. The zero-order valence-electron chi connectivity index (χ0n) is 18.9. The van der Waals surface area contributed by atoms with Crippen molar-refractivity contribution in [3.63, 3.8) is 0 Å². The summed E-state index contributed by atoms with van der Waals surface area (Å²) in [6.45, 7) is 21.7. The van der Waals surface area contributed by atoms with Crippen molar-refractivity contribution in [3.8, 4) is 0 Å². The number of hydrogen-bond donors (Lipinski definition) is 2. The summed E-state index contributed by atoms with van der Waals surface area (Å²) in [6, 6.07) is 0.788. The molecule has 0 saturated carbocycles. The van der Waals surface area contributed by atoms with E-state index in [-0.39, 0.29) is 6.61 Å². The SMILES string of the molecule is C[SiH](O[Si](C)(C)O[Si](C)(C)C)O[Si](C)(CCCOCC(O)O)O[Si](C)(C)C. The molecular weight excluding hydrogens is 433 g/mol. The maximum Gasteiger partial charge on any atom is 0.315 e. The van der Waals surface area contributed by atoms with Gasteiger partial charge in [0.15, 0.2) is 22.9 Å². The van der Waals surface area contributed by atoms with E-state index in [0.29, 0.717) is 6.61 Å². The van der Waals surface area contributed by atoms with Crippen LogP contribution >= 0.6 is 0 Å².